The van der Waals surface area contributed by atoms with E-state index in [2.05, 4.69) is 42.8 Å². The molecule has 0 spiro atoms. The number of alkyl carbamates (subject to hydrolysis) is 1. The summed E-state index contributed by atoms with van der Waals surface area (Å²) < 4.78 is 13.3. The van der Waals surface area contributed by atoms with Crippen molar-refractivity contribution in [1.82, 2.24) is 14.9 Å². The molecule has 3 rings (SSSR count). The van der Waals surface area contributed by atoms with E-state index >= 15 is 0 Å². The first-order valence-electron chi connectivity index (χ1n) is 13.2. The molecule has 1 atom stereocenters. The Bertz CT molecular complexity index is 1190. The Morgan fingerprint density at radius 1 is 1.05 bits per heavy atom. The number of aryl methyl sites for hydroxylation is 4. The summed E-state index contributed by atoms with van der Waals surface area (Å²) >= 11 is 0. The third-order valence-corrected chi connectivity index (χ3v) is 6.28. The van der Waals surface area contributed by atoms with Gasteiger partial charge < -0.3 is 19.4 Å². The van der Waals surface area contributed by atoms with Gasteiger partial charge in [-0.15, -0.1) is 0 Å². The summed E-state index contributed by atoms with van der Waals surface area (Å²) in [5.41, 5.74) is 4.70. The van der Waals surface area contributed by atoms with Crippen LogP contribution in [0.5, 0.6) is 0 Å². The van der Waals surface area contributed by atoms with E-state index in [0.29, 0.717) is 12.8 Å². The van der Waals surface area contributed by atoms with Crippen LogP contribution in [0.25, 0.3) is 11.0 Å². The van der Waals surface area contributed by atoms with Gasteiger partial charge in [-0.2, -0.15) is 0 Å². The van der Waals surface area contributed by atoms with Gasteiger partial charge in [-0.1, -0.05) is 50.1 Å². The number of fused-ring (bicyclic) bond motifs is 1. The minimum absolute atomic E-state index is 0.139. The summed E-state index contributed by atoms with van der Waals surface area (Å²) in [4.78, 5) is 30.6. The average Bonchev–Trinajstić information content (AvgIpc) is 3.16. The van der Waals surface area contributed by atoms with Crippen molar-refractivity contribution >= 4 is 23.1 Å². The lowest BCUT2D eigenvalue weighted by Gasteiger charge is -2.23. The number of imidazole rings is 1. The Morgan fingerprint density at radius 3 is 2.43 bits per heavy atom. The zero-order valence-electron chi connectivity index (χ0n) is 23.1. The summed E-state index contributed by atoms with van der Waals surface area (Å²) in [5, 5.41) is 2.73. The van der Waals surface area contributed by atoms with Crippen molar-refractivity contribution in [2.24, 2.45) is 0 Å². The highest BCUT2D eigenvalue weighted by atomic mass is 16.6. The molecule has 1 aromatic heterocycles. The topological polar surface area (TPSA) is 82.5 Å². The van der Waals surface area contributed by atoms with Crippen molar-refractivity contribution in [2.75, 3.05) is 0 Å². The van der Waals surface area contributed by atoms with Crippen LogP contribution < -0.4 is 5.32 Å². The second kappa shape index (κ2) is 12.7. The van der Waals surface area contributed by atoms with Crippen LogP contribution in [0.15, 0.2) is 42.5 Å². The molecular weight excluding hydrogens is 466 g/mol. The summed E-state index contributed by atoms with van der Waals surface area (Å²) in [6.07, 6.45) is 3.55. The number of esters is 1. The normalized spacial score (nSPS) is 12.4. The van der Waals surface area contributed by atoms with Crippen LogP contribution in [-0.2, 0) is 33.8 Å². The van der Waals surface area contributed by atoms with Crippen LogP contribution >= 0.6 is 0 Å². The third kappa shape index (κ3) is 8.34. The van der Waals surface area contributed by atoms with Crippen LogP contribution in [0, 0.1) is 13.8 Å². The van der Waals surface area contributed by atoms with E-state index in [9.17, 15) is 9.59 Å². The number of nitrogens with one attached hydrogen (secondary N) is 1. The number of hydrogen-bond donors (Lipinski definition) is 1. The van der Waals surface area contributed by atoms with Gasteiger partial charge in [0.05, 0.1) is 11.0 Å². The van der Waals surface area contributed by atoms with E-state index in [1.54, 1.807) is 20.8 Å². The summed E-state index contributed by atoms with van der Waals surface area (Å²) in [7, 11) is 0. The van der Waals surface area contributed by atoms with Crippen molar-refractivity contribution < 1.29 is 19.1 Å². The van der Waals surface area contributed by atoms with Crippen molar-refractivity contribution in [1.29, 1.82) is 0 Å². The molecule has 1 heterocycles. The molecule has 200 valence electrons. The second-order valence-corrected chi connectivity index (χ2v) is 10.6. The first-order valence-corrected chi connectivity index (χ1v) is 13.2. The van der Waals surface area contributed by atoms with Gasteiger partial charge in [0.1, 0.15) is 24.1 Å². The Labute approximate surface area is 220 Å². The fourth-order valence-electron chi connectivity index (χ4n) is 4.19. The molecular formula is C30H41N3O4. The lowest BCUT2D eigenvalue weighted by Crippen LogP contribution is -2.44. The van der Waals surface area contributed by atoms with E-state index in [-0.39, 0.29) is 6.61 Å². The van der Waals surface area contributed by atoms with Crippen LogP contribution in [0.1, 0.15) is 75.9 Å². The number of hydrogen-bond acceptors (Lipinski definition) is 5. The predicted molar refractivity (Wildman–Crippen MR) is 146 cm³/mol. The lowest BCUT2D eigenvalue weighted by molar-refractivity contribution is -0.147. The number of carbonyl (C=O) groups excluding carboxylic acids is 2. The smallest absolute Gasteiger partial charge is 0.408 e. The molecule has 37 heavy (non-hydrogen) atoms. The van der Waals surface area contributed by atoms with E-state index in [0.717, 1.165) is 48.2 Å². The highest BCUT2D eigenvalue weighted by molar-refractivity contribution is 5.81. The molecule has 0 aliphatic carbocycles. The van der Waals surface area contributed by atoms with Gasteiger partial charge >= 0.3 is 12.1 Å². The van der Waals surface area contributed by atoms with E-state index < -0.39 is 23.7 Å². The van der Waals surface area contributed by atoms with E-state index in [4.69, 9.17) is 14.5 Å². The Balaban J connectivity index is 1.80. The maximum absolute atomic E-state index is 13.1. The number of carbonyl (C=O) groups is 2. The maximum Gasteiger partial charge on any atom is 0.408 e. The molecule has 0 fully saturated rings. The van der Waals surface area contributed by atoms with E-state index in [1.807, 2.05) is 30.3 Å². The molecule has 1 unspecified atom stereocenters. The molecule has 7 nitrogen and oxygen atoms in total. The first kappa shape index (κ1) is 28.2. The predicted octanol–water partition coefficient (Wildman–Crippen LogP) is 6.41. The molecule has 0 saturated heterocycles. The standard InChI is InChI=1S/C30H41N3O4/c1-7-8-12-17-33-26-19-22(3)21(2)18-25(26)31-27(33)16-15-24(32-29(35)37-30(4,5)6)28(34)36-20-23-13-10-9-11-14-23/h9-11,13-14,18-19,24H,7-8,12,15-17,20H2,1-6H3,(H,32,35). The molecule has 0 saturated carbocycles. The zero-order chi connectivity index (χ0) is 27.0. The molecule has 0 bridgehead atoms. The summed E-state index contributed by atoms with van der Waals surface area (Å²) in [5.74, 6) is 0.415. The van der Waals surface area contributed by atoms with Crippen LogP contribution in [0.2, 0.25) is 0 Å². The van der Waals surface area contributed by atoms with Gasteiger partial charge in [0.25, 0.3) is 0 Å². The summed E-state index contributed by atoms with van der Waals surface area (Å²) in [6.45, 7) is 12.8. The SMILES string of the molecule is CCCCCn1c(CCC(NC(=O)OC(C)(C)C)C(=O)OCc2ccccc2)nc2cc(C)c(C)cc21. The molecule has 0 aliphatic rings. The fraction of sp³-hybridized carbons (Fsp3) is 0.500. The minimum atomic E-state index is -0.856. The van der Waals surface area contributed by atoms with Gasteiger partial charge in [0, 0.05) is 13.0 Å². The largest absolute Gasteiger partial charge is 0.459 e. The number of nitrogens with zero attached hydrogens (tertiary/aromatic N) is 2. The van der Waals surface area contributed by atoms with E-state index in [1.165, 1.54) is 11.1 Å². The zero-order valence-corrected chi connectivity index (χ0v) is 23.1. The fourth-order valence-corrected chi connectivity index (χ4v) is 4.19. The lowest BCUT2D eigenvalue weighted by atomic mass is 10.1. The third-order valence-electron chi connectivity index (χ3n) is 6.28. The monoisotopic (exact) mass is 507 g/mol. The van der Waals surface area contributed by atoms with Crippen molar-refractivity contribution in [3.8, 4) is 0 Å². The maximum atomic E-state index is 13.1. The average molecular weight is 508 g/mol. The van der Waals surface area contributed by atoms with Gasteiger partial charge in [0.2, 0.25) is 0 Å². The highest BCUT2D eigenvalue weighted by Crippen LogP contribution is 2.23. The van der Waals surface area contributed by atoms with Gasteiger partial charge in [-0.3, -0.25) is 0 Å². The number of benzene rings is 2. The van der Waals surface area contributed by atoms with Crippen molar-refractivity contribution in [2.45, 2.75) is 98.4 Å². The van der Waals surface area contributed by atoms with Crippen LogP contribution in [0.4, 0.5) is 4.79 Å². The van der Waals surface area contributed by atoms with Crippen LogP contribution in [-0.4, -0.2) is 33.3 Å². The van der Waals surface area contributed by atoms with Gasteiger partial charge in [0.15, 0.2) is 0 Å². The second-order valence-electron chi connectivity index (χ2n) is 10.6. The van der Waals surface area contributed by atoms with Crippen molar-refractivity contribution in [3.63, 3.8) is 0 Å². The number of rotatable bonds is 11. The number of ether oxygens (including phenoxy) is 2. The van der Waals surface area contributed by atoms with Gasteiger partial charge in [-0.05, 0) is 76.3 Å². The molecule has 7 heteroatoms. The number of amides is 1. The molecule has 2 aromatic carbocycles. The Morgan fingerprint density at radius 2 is 1.76 bits per heavy atom. The molecule has 0 radical (unpaired) electrons. The molecule has 3 aromatic rings. The van der Waals surface area contributed by atoms with Crippen molar-refractivity contribution in [3.05, 3.63) is 65.0 Å². The molecule has 1 amide bonds. The first-order chi connectivity index (χ1) is 17.6. The summed E-state index contributed by atoms with van der Waals surface area (Å²) in [6, 6.07) is 12.9. The number of aromatic nitrogens is 2. The minimum Gasteiger partial charge on any atom is -0.459 e. The van der Waals surface area contributed by atoms with Crippen LogP contribution in [0.3, 0.4) is 0 Å². The Kier molecular flexibility index (Phi) is 9.73. The highest BCUT2D eigenvalue weighted by Gasteiger charge is 2.26. The molecule has 0 aliphatic heterocycles. The Hall–Kier alpha value is -3.35. The molecule has 1 N–H and O–H groups in total. The van der Waals surface area contributed by atoms with Gasteiger partial charge in [-0.25, -0.2) is 14.6 Å². The number of unbranched alkanes of at least 4 members (excludes halogenated alkanes) is 2. The quantitative estimate of drug-likeness (QED) is 0.239.